The van der Waals surface area contributed by atoms with E-state index in [4.69, 9.17) is 5.26 Å². The van der Waals surface area contributed by atoms with Crippen LogP contribution in [0.5, 0.6) is 0 Å². The normalized spacial score (nSPS) is 26.9. The summed E-state index contributed by atoms with van der Waals surface area (Å²) in [4.78, 5) is 28.0. The van der Waals surface area contributed by atoms with Crippen LogP contribution in [0.15, 0.2) is 15.8 Å². The van der Waals surface area contributed by atoms with Crippen LogP contribution in [0.3, 0.4) is 0 Å². The van der Waals surface area contributed by atoms with Gasteiger partial charge in [-0.2, -0.15) is 5.26 Å². The molecule has 2 atom stereocenters. The molecule has 2 aliphatic heterocycles. The fraction of sp³-hybridized carbons (Fsp3) is 0.615. The molecule has 1 aromatic heterocycles. The van der Waals surface area contributed by atoms with E-state index < -0.39 is 11.2 Å². The molecule has 2 unspecified atom stereocenters. The number of hydrogen-bond donors (Lipinski definition) is 1. The van der Waals surface area contributed by atoms with Gasteiger partial charge in [-0.15, -0.1) is 0 Å². The number of nitriles is 1. The topological polar surface area (TPSA) is 81.9 Å². The molecular formula is C13H16N4O2. The maximum absolute atomic E-state index is 11.9. The summed E-state index contributed by atoms with van der Waals surface area (Å²) in [5.74, 6) is 0. The summed E-state index contributed by atoms with van der Waals surface area (Å²) >= 11 is 0. The number of aromatic nitrogens is 2. The molecule has 0 aliphatic carbocycles. The van der Waals surface area contributed by atoms with Gasteiger partial charge in [-0.1, -0.05) is 6.42 Å². The highest BCUT2D eigenvalue weighted by molar-refractivity contribution is 5.22. The van der Waals surface area contributed by atoms with Gasteiger partial charge in [-0.05, 0) is 25.8 Å². The first-order valence-corrected chi connectivity index (χ1v) is 6.70. The Morgan fingerprint density at radius 3 is 2.84 bits per heavy atom. The van der Waals surface area contributed by atoms with Crippen molar-refractivity contribution in [3.05, 3.63) is 32.6 Å². The predicted octanol–water partition coefficient (Wildman–Crippen LogP) is 0.208. The van der Waals surface area contributed by atoms with Crippen molar-refractivity contribution >= 4 is 0 Å². The Kier molecular flexibility index (Phi) is 2.99. The Morgan fingerprint density at radius 1 is 1.21 bits per heavy atom. The second kappa shape index (κ2) is 4.67. The fourth-order valence-electron chi connectivity index (χ4n) is 3.36. The van der Waals surface area contributed by atoms with Gasteiger partial charge in [0.1, 0.15) is 11.6 Å². The molecule has 100 valence electrons. The third-order valence-corrected chi connectivity index (χ3v) is 4.27. The quantitative estimate of drug-likeness (QED) is 0.782. The third-order valence-electron chi connectivity index (χ3n) is 4.27. The van der Waals surface area contributed by atoms with Crippen molar-refractivity contribution in [2.75, 3.05) is 13.1 Å². The van der Waals surface area contributed by atoms with E-state index in [0.29, 0.717) is 6.04 Å². The van der Waals surface area contributed by atoms with Crippen molar-refractivity contribution in [1.29, 1.82) is 5.26 Å². The smallest absolute Gasteiger partial charge is 0.298 e. The lowest BCUT2D eigenvalue weighted by atomic mass is 9.99. The van der Waals surface area contributed by atoms with Crippen molar-refractivity contribution in [1.82, 2.24) is 14.5 Å². The van der Waals surface area contributed by atoms with E-state index in [1.807, 2.05) is 6.07 Å². The standard InChI is InChI=1S/C13H16N4O2/c14-7-9-8-17(13(19)15-12(9)18)11-4-6-16-5-2-1-3-10(11)16/h8,10-11H,1-6H2,(H,15,18,19). The first-order chi connectivity index (χ1) is 9.20. The van der Waals surface area contributed by atoms with Crippen LogP contribution in [-0.4, -0.2) is 33.6 Å². The van der Waals surface area contributed by atoms with Gasteiger partial charge in [0.05, 0.1) is 6.04 Å². The first kappa shape index (κ1) is 12.2. The Balaban J connectivity index is 2.01. The van der Waals surface area contributed by atoms with Gasteiger partial charge in [0.25, 0.3) is 5.56 Å². The van der Waals surface area contributed by atoms with E-state index in [0.717, 1.165) is 25.9 Å². The van der Waals surface area contributed by atoms with Crippen LogP contribution in [0.4, 0.5) is 0 Å². The van der Waals surface area contributed by atoms with Gasteiger partial charge >= 0.3 is 5.69 Å². The van der Waals surface area contributed by atoms with Gasteiger partial charge < -0.3 is 0 Å². The molecule has 0 amide bonds. The van der Waals surface area contributed by atoms with Crippen molar-refractivity contribution < 1.29 is 0 Å². The van der Waals surface area contributed by atoms with E-state index >= 15 is 0 Å². The molecule has 0 saturated carbocycles. The van der Waals surface area contributed by atoms with E-state index in [-0.39, 0.29) is 11.6 Å². The van der Waals surface area contributed by atoms with Gasteiger partial charge in [-0.25, -0.2) is 4.79 Å². The zero-order valence-electron chi connectivity index (χ0n) is 10.6. The summed E-state index contributed by atoms with van der Waals surface area (Å²) in [6.07, 6.45) is 5.80. The molecule has 0 spiro atoms. The van der Waals surface area contributed by atoms with Crippen LogP contribution in [0.2, 0.25) is 0 Å². The first-order valence-electron chi connectivity index (χ1n) is 6.70. The van der Waals surface area contributed by atoms with E-state index in [1.54, 1.807) is 4.57 Å². The summed E-state index contributed by atoms with van der Waals surface area (Å²) in [5.41, 5.74) is -0.988. The number of aromatic amines is 1. The Morgan fingerprint density at radius 2 is 2.05 bits per heavy atom. The molecule has 2 aliphatic rings. The molecular weight excluding hydrogens is 244 g/mol. The van der Waals surface area contributed by atoms with Crippen molar-refractivity contribution in [3.8, 4) is 6.07 Å². The predicted molar refractivity (Wildman–Crippen MR) is 68.9 cm³/mol. The molecule has 1 N–H and O–H groups in total. The number of piperidine rings is 1. The lowest BCUT2D eigenvalue weighted by Crippen LogP contribution is -2.41. The van der Waals surface area contributed by atoms with Crippen molar-refractivity contribution in [2.45, 2.75) is 37.8 Å². The number of H-pyrrole nitrogens is 1. The third kappa shape index (κ3) is 2.00. The van der Waals surface area contributed by atoms with Crippen LogP contribution >= 0.6 is 0 Å². The Hall–Kier alpha value is -1.87. The van der Waals surface area contributed by atoms with E-state index in [1.165, 1.54) is 19.0 Å². The van der Waals surface area contributed by atoms with E-state index in [2.05, 4.69) is 9.88 Å². The zero-order chi connectivity index (χ0) is 13.4. The molecule has 3 rings (SSSR count). The molecule has 2 fully saturated rings. The second-order valence-corrected chi connectivity index (χ2v) is 5.28. The van der Waals surface area contributed by atoms with Crippen molar-refractivity contribution in [2.24, 2.45) is 0 Å². The summed E-state index contributed by atoms with van der Waals surface area (Å²) < 4.78 is 1.55. The highest BCUT2D eigenvalue weighted by Gasteiger charge is 2.37. The molecule has 0 aromatic carbocycles. The maximum Gasteiger partial charge on any atom is 0.328 e. The molecule has 6 nitrogen and oxygen atoms in total. The van der Waals surface area contributed by atoms with Gasteiger partial charge in [0.15, 0.2) is 0 Å². The number of hydrogen-bond acceptors (Lipinski definition) is 4. The molecule has 3 heterocycles. The van der Waals surface area contributed by atoms with Crippen LogP contribution in [-0.2, 0) is 0 Å². The minimum atomic E-state index is -0.595. The molecule has 2 saturated heterocycles. The average molecular weight is 260 g/mol. The Labute approximate surface area is 110 Å². The van der Waals surface area contributed by atoms with Crippen LogP contribution in [0.1, 0.15) is 37.3 Å². The van der Waals surface area contributed by atoms with E-state index in [9.17, 15) is 9.59 Å². The monoisotopic (exact) mass is 260 g/mol. The van der Waals surface area contributed by atoms with Gasteiger partial charge in [0, 0.05) is 18.8 Å². The number of nitrogens with one attached hydrogen (secondary N) is 1. The maximum atomic E-state index is 11.9. The highest BCUT2D eigenvalue weighted by atomic mass is 16.2. The Bertz CT molecular complexity index is 639. The second-order valence-electron chi connectivity index (χ2n) is 5.28. The van der Waals surface area contributed by atoms with Crippen LogP contribution < -0.4 is 11.2 Å². The van der Waals surface area contributed by atoms with Gasteiger partial charge in [-0.3, -0.25) is 19.2 Å². The highest BCUT2D eigenvalue weighted by Crippen LogP contribution is 2.34. The summed E-state index contributed by atoms with van der Waals surface area (Å²) in [6.45, 7) is 2.08. The lowest BCUT2D eigenvalue weighted by Gasteiger charge is -2.32. The lowest BCUT2D eigenvalue weighted by molar-refractivity contribution is 0.171. The SMILES string of the molecule is N#Cc1cn(C2CCN3CCCCC23)c(=O)[nH]c1=O. The van der Waals surface area contributed by atoms with Gasteiger partial charge in [0.2, 0.25) is 0 Å². The molecule has 0 radical (unpaired) electrons. The average Bonchev–Trinajstić information content (AvgIpc) is 2.83. The molecule has 6 heteroatoms. The van der Waals surface area contributed by atoms with Crippen LogP contribution in [0.25, 0.3) is 0 Å². The zero-order valence-corrected chi connectivity index (χ0v) is 10.6. The summed E-state index contributed by atoms with van der Waals surface area (Å²) in [6, 6.07) is 2.29. The molecule has 1 aromatic rings. The number of rotatable bonds is 1. The van der Waals surface area contributed by atoms with Crippen molar-refractivity contribution in [3.63, 3.8) is 0 Å². The number of fused-ring (bicyclic) bond motifs is 1. The van der Waals surface area contributed by atoms with Crippen LogP contribution in [0, 0.1) is 11.3 Å². The summed E-state index contributed by atoms with van der Waals surface area (Å²) in [5, 5.41) is 8.91. The minimum absolute atomic E-state index is 0.00820. The minimum Gasteiger partial charge on any atom is -0.298 e. The fourth-order valence-corrected chi connectivity index (χ4v) is 3.36. The number of nitrogens with zero attached hydrogens (tertiary/aromatic N) is 3. The molecule has 19 heavy (non-hydrogen) atoms. The summed E-state index contributed by atoms with van der Waals surface area (Å²) in [7, 11) is 0. The largest absolute Gasteiger partial charge is 0.328 e. The molecule has 0 bridgehead atoms.